The van der Waals surface area contributed by atoms with Crippen LogP contribution in [0.15, 0.2) is 36.4 Å². The maximum atomic E-state index is 12.1. The van der Waals surface area contributed by atoms with Crippen molar-refractivity contribution in [3.05, 3.63) is 58.1 Å². The zero-order valence-corrected chi connectivity index (χ0v) is 11.6. The monoisotopic (exact) mass is 274 g/mol. The summed E-state index contributed by atoms with van der Waals surface area (Å²) in [5, 5.41) is 3.51. The number of anilines is 2. The second kappa shape index (κ2) is 5.33. The molecular weight excluding hydrogens is 260 g/mol. The van der Waals surface area contributed by atoms with Gasteiger partial charge in [-0.3, -0.25) is 4.79 Å². The lowest BCUT2D eigenvalue weighted by atomic mass is 10.1. The lowest BCUT2D eigenvalue weighted by Crippen LogP contribution is -2.13. The minimum atomic E-state index is -0.160. The fourth-order valence-corrected chi connectivity index (χ4v) is 2.11. The first-order chi connectivity index (χ1) is 8.97. The van der Waals surface area contributed by atoms with Crippen molar-refractivity contribution >= 4 is 28.9 Å². The Morgan fingerprint density at radius 1 is 1.11 bits per heavy atom. The normalized spacial score (nSPS) is 10.3. The van der Waals surface area contributed by atoms with Crippen LogP contribution in [-0.4, -0.2) is 5.91 Å². The molecule has 0 saturated carbocycles. The fraction of sp³-hybridized carbons (Fsp3) is 0.133. The number of nitrogens with one attached hydrogen (secondary N) is 1. The molecule has 3 N–H and O–H groups in total. The van der Waals surface area contributed by atoms with Crippen LogP contribution in [0.3, 0.4) is 0 Å². The fourth-order valence-electron chi connectivity index (χ4n) is 1.98. The van der Waals surface area contributed by atoms with Crippen LogP contribution >= 0.6 is 11.6 Å². The molecule has 0 bridgehead atoms. The van der Waals surface area contributed by atoms with Crippen molar-refractivity contribution in [1.29, 1.82) is 0 Å². The summed E-state index contributed by atoms with van der Waals surface area (Å²) >= 11 is 5.80. The van der Waals surface area contributed by atoms with Gasteiger partial charge in [-0.1, -0.05) is 11.6 Å². The highest BCUT2D eigenvalue weighted by atomic mass is 35.5. The van der Waals surface area contributed by atoms with Crippen LogP contribution in [0.4, 0.5) is 11.4 Å². The molecule has 0 radical (unpaired) electrons. The average Bonchev–Trinajstić information content (AvgIpc) is 2.34. The van der Waals surface area contributed by atoms with Gasteiger partial charge in [0.05, 0.1) is 0 Å². The Balaban J connectivity index is 2.26. The molecule has 0 saturated heterocycles. The number of hydrogen-bond donors (Lipinski definition) is 2. The molecule has 4 heteroatoms. The number of halogens is 1. The number of carbonyl (C=O) groups is 1. The molecule has 98 valence electrons. The van der Waals surface area contributed by atoms with Gasteiger partial charge in [-0.2, -0.15) is 0 Å². The molecule has 0 aliphatic rings. The van der Waals surface area contributed by atoms with Crippen molar-refractivity contribution in [3.63, 3.8) is 0 Å². The molecule has 0 aromatic heterocycles. The van der Waals surface area contributed by atoms with E-state index in [9.17, 15) is 4.79 Å². The van der Waals surface area contributed by atoms with E-state index in [1.807, 2.05) is 26.0 Å². The molecule has 1 amide bonds. The molecule has 2 aromatic rings. The Bertz CT molecular complexity index is 598. The minimum absolute atomic E-state index is 0.160. The van der Waals surface area contributed by atoms with Crippen LogP contribution in [0.2, 0.25) is 5.02 Å². The summed E-state index contributed by atoms with van der Waals surface area (Å²) in [5.74, 6) is -0.160. The first kappa shape index (κ1) is 13.4. The van der Waals surface area contributed by atoms with Crippen LogP contribution in [0.5, 0.6) is 0 Å². The third-order valence-corrected chi connectivity index (χ3v) is 3.15. The molecule has 2 rings (SSSR count). The van der Waals surface area contributed by atoms with E-state index in [4.69, 9.17) is 17.3 Å². The molecule has 0 heterocycles. The second-order valence-corrected chi connectivity index (χ2v) is 4.93. The second-order valence-electron chi connectivity index (χ2n) is 4.49. The van der Waals surface area contributed by atoms with E-state index >= 15 is 0 Å². The number of carbonyl (C=O) groups excluding carboxylic acids is 1. The van der Waals surface area contributed by atoms with Crippen molar-refractivity contribution in [1.82, 2.24) is 0 Å². The Morgan fingerprint density at radius 3 is 2.16 bits per heavy atom. The van der Waals surface area contributed by atoms with E-state index in [2.05, 4.69) is 5.32 Å². The smallest absolute Gasteiger partial charge is 0.255 e. The van der Waals surface area contributed by atoms with Crippen LogP contribution in [0.1, 0.15) is 21.5 Å². The minimum Gasteiger partial charge on any atom is -0.399 e. The first-order valence-electron chi connectivity index (χ1n) is 5.91. The average molecular weight is 275 g/mol. The molecule has 0 spiro atoms. The third kappa shape index (κ3) is 3.06. The molecular formula is C15H15ClN2O. The number of amides is 1. The van der Waals surface area contributed by atoms with Gasteiger partial charge in [0.1, 0.15) is 0 Å². The molecule has 3 nitrogen and oxygen atoms in total. The van der Waals surface area contributed by atoms with E-state index < -0.39 is 0 Å². The van der Waals surface area contributed by atoms with Crippen LogP contribution in [0.25, 0.3) is 0 Å². The summed E-state index contributed by atoms with van der Waals surface area (Å²) in [6.07, 6.45) is 0. The molecule has 0 unspecified atom stereocenters. The zero-order valence-electron chi connectivity index (χ0n) is 10.8. The summed E-state index contributed by atoms with van der Waals surface area (Å²) in [6.45, 7) is 3.83. The van der Waals surface area contributed by atoms with Gasteiger partial charge < -0.3 is 11.1 Å². The van der Waals surface area contributed by atoms with Crippen molar-refractivity contribution in [2.45, 2.75) is 13.8 Å². The summed E-state index contributed by atoms with van der Waals surface area (Å²) in [7, 11) is 0. The van der Waals surface area contributed by atoms with Gasteiger partial charge in [-0.25, -0.2) is 0 Å². The standard InChI is InChI=1S/C15H15ClN2O/c1-9-7-13(17)8-10(2)14(9)18-15(19)11-3-5-12(16)6-4-11/h3-8H,17H2,1-2H3,(H,18,19). The van der Waals surface area contributed by atoms with Crippen LogP contribution < -0.4 is 11.1 Å². The van der Waals surface area contributed by atoms with Crippen molar-refractivity contribution < 1.29 is 4.79 Å². The first-order valence-corrected chi connectivity index (χ1v) is 6.29. The number of aryl methyl sites for hydroxylation is 2. The number of nitrogen functional groups attached to an aromatic ring is 1. The molecule has 0 aliphatic heterocycles. The van der Waals surface area contributed by atoms with Gasteiger partial charge in [-0.15, -0.1) is 0 Å². The predicted molar refractivity (Wildman–Crippen MR) is 79.7 cm³/mol. The summed E-state index contributed by atoms with van der Waals surface area (Å²) in [4.78, 5) is 12.1. The molecule has 0 aliphatic carbocycles. The highest BCUT2D eigenvalue weighted by Crippen LogP contribution is 2.24. The maximum absolute atomic E-state index is 12.1. The summed E-state index contributed by atoms with van der Waals surface area (Å²) in [6, 6.07) is 10.5. The number of hydrogen-bond acceptors (Lipinski definition) is 2. The topological polar surface area (TPSA) is 55.1 Å². The Morgan fingerprint density at radius 2 is 1.63 bits per heavy atom. The maximum Gasteiger partial charge on any atom is 0.255 e. The van der Waals surface area contributed by atoms with Gasteiger partial charge in [0, 0.05) is 22.0 Å². The summed E-state index contributed by atoms with van der Waals surface area (Å²) < 4.78 is 0. The van der Waals surface area contributed by atoms with E-state index in [-0.39, 0.29) is 5.91 Å². The van der Waals surface area contributed by atoms with Gasteiger partial charge in [0.15, 0.2) is 0 Å². The lowest BCUT2D eigenvalue weighted by Gasteiger charge is -2.12. The number of nitrogens with two attached hydrogens (primary N) is 1. The van der Waals surface area contributed by atoms with E-state index in [0.717, 1.165) is 16.8 Å². The SMILES string of the molecule is Cc1cc(N)cc(C)c1NC(=O)c1ccc(Cl)cc1. The Hall–Kier alpha value is -2.00. The van der Waals surface area contributed by atoms with E-state index in [1.54, 1.807) is 24.3 Å². The number of benzene rings is 2. The predicted octanol–water partition coefficient (Wildman–Crippen LogP) is 3.79. The number of rotatable bonds is 2. The van der Waals surface area contributed by atoms with Gasteiger partial charge in [0.2, 0.25) is 0 Å². The Kier molecular flexibility index (Phi) is 3.76. The molecule has 2 aromatic carbocycles. The quantitative estimate of drug-likeness (QED) is 0.819. The molecule has 0 atom stereocenters. The van der Waals surface area contributed by atoms with Crippen molar-refractivity contribution in [2.24, 2.45) is 0 Å². The van der Waals surface area contributed by atoms with Crippen LogP contribution in [-0.2, 0) is 0 Å². The molecule has 19 heavy (non-hydrogen) atoms. The zero-order chi connectivity index (χ0) is 14.0. The Labute approximate surface area is 117 Å². The molecule has 0 fully saturated rings. The highest BCUT2D eigenvalue weighted by Gasteiger charge is 2.10. The van der Waals surface area contributed by atoms with Gasteiger partial charge >= 0.3 is 0 Å². The van der Waals surface area contributed by atoms with E-state index in [1.165, 1.54) is 0 Å². The van der Waals surface area contributed by atoms with Gasteiger partial charge in [-0.05, 0) is 61.4 Å². The summed E-state index contributed by atoms with van der Waals surface area (Å²) in [5.41, 5.74) is 9.71. The van der Waals surface area contributed by atoms with Crippen molar-refractivity contribution in [3.8, 4) is 0 Å². The van der Waals surface area contributed by atoms with Gasteiger partial charge in [0.25, 0.3) is 5.91 Å². The van der Waals surface area contributed by atoms with Crippen molar-refractivity contribution in [2.75, 3.05) is 11.1 Å². The largest absolute Gasteiger partial charge is 0.399 e. The van der Waals surface area contributed by atoms with Crippen LogP contribution in [0, 0.1) is 13.8 Å². The lowest BCUT2D eigenvalue weighted by molar-refractivity contribution is 0.102. The highest BCUT2D eigenvalue weighted by molar-refractivity contribution is 6.30. The van der Waals surface area contributed by atoms with E-state index in [0.29, 0.717) is 16.3 Å². The third-order valence-electron chi connectivity index (χ3n) is 2.90.